The Kier molecular flexibility index (Phi) is 5.77. The van der Waals surface area contributed by atoms with Gasteiger partial charge in [-0.15, -0.1) is 0 Å². The minimum absolute atomic E-state index is 0.250. The average Bonchev–Trinajstić information content (AvgIpc) is 2.65. The molecule has 0 saturated heterocycles. The normalized spacial score (nSPS) is 11.2. The van der Waals surface area contributed by atoms with E-state index in [0.29, 0.717) is 17.0 Å². The Hall–Kier alpha value is -2.44. The molecule has 0 bridgehead atoms. The summed E-state index contributed by atoms with van der Waals surface area (Å²) in [7, 11) is -2.15. The first kappa shape index (κ1) is 19.3. The summed E-state index contributed by atoms with van der Waals surface area (Å²) in [4.78, 5) is 2.14. The van der Waals surface area contributed by atoms with E-state index < -0.39 is 10.0 Å². The van der Waals surface area contributed by atoms with Crippen LogP contribution < -0.4 is 9.46 Å². The molecule has 4 nitrogen and oxygen atoms in total. The molecule has 0 aliphatic rings. The SMILES string of the molecule is COc1cc(C)c(S(=O)(=O)Nc2ccccc2Sc2ccccc2)cc1C. The van der Waals surface area contributed by atoms with E-state index in [0.717, 1.165) is 15.4 Å². The summed E-state index contributed by atoms with van der Waals surface area (Å²) in [5, 5.41) is 0. The van der Waals surface area contributed by atoms with E-state index in [1.807, 2.05) is 55.5 Å². The predicted molar refractivity (Wildman–Crippen MR) is 110 cm³/mol. The quantitative estimate of drug-likeness (QED) is 0.614. The van der Waals surface area contributed by atoms with Crippen LogP contribution in [0.5, 0.6) is 5.75 Å². The predicted octanol–water partition coefficient (Wildman–Crippen LogP) is 5.26. The van der Waals surface area contributed by atoms with Gasteiger partial charge in [-0.25, -0.2) is 8.42 Å². The fourth-order valence-electron chi connectivity index (χ4n) is 2.73. The molecule has 3 rings (SSSR count). The molecule has 0 spiro atoms. The molecule has 0 atom stereocenters. The number of methoxy groups -OCH3 is 1. The van der Waals surface area contributed by atoms with Gasteiger partial charge in [-0.1, -0.05) is 42.1 Å². The van der Waals surface area contributed by atoms with Crippen molar-refractivity contribution in [2.75, 3.05) is 11.8 Å². The van der Waals surface area contributed by atoms with Crippen LogP contribution in [0.2, 0.25) is 0 Å². The van der Waals surface area contributed by atoms with Crippen molar-refractivity contribution in [3.8, 4) is 5.75 Å². The third-order valence-electron chi connectivity index (χ3n) is 4.08. The molecular formula is C21H21NO3S2. The number of rotatable bonds is 6. The Balaban J connectivity index is 1.94. The first-order valence-electron chi connectivity index (χ1n) is 8.40. The fourth-order valence-corrected chi connectivity index (χ4v) is 5.11. The number of aryl methyl sites for hydroxylation is 2. The molecule has 1 N–H and O–H groups in total. The van der Waals surface area contributed by atoms with Gasteiger partial charge in [-0.05, 0) is 61.4 Å². The Bertz CT molecular complexity index is 1050. The van der Waals surface area contributed by atoms with Crippen LogP contribution in [0.3, 0.4) is 0 Å². The van der Waals surface area contributed by atoms with Gasteiger partial charge in [0.05, 0.1) is 17.7 Å². The Morgan fingerprint density at radius 2 is 1.56 bits per heavy atom. The van der Waals surface area contributed by atoms with Crippen molar-refractivity contribution in [3.05, 3.63) is 77.9 Å². The second-order valence-corrected chi connectivity index (χ2v) is 8.87. The van der Waals surface area contributed by atoms with Crippen LogP contribution in [-0.4, -0.2) is 15.5 Å². The highest BCUT2D eigenvalue weighted by Crippen LogP contribution is 2.35. The molecule has 0 radical (unpaired) electrons. The van der Waals surface area contributed by atoms with E-state index >= 15 is 0 Å². The number of hydrogen-bond donors (Lipinski definition) is 1. The van der Waals surface area contributed by atoms with Crippen LogP contribution >= 0.6 is 11.8 Å². The molecule has 3 aromatic carbocycles. The molecule has 0 aromatic heterocycles. The van der Waals surface area contributed by atoms with E-state index in [-0.39, 0.29) is 4.90 Å². The van der Waals surface area contributed by atoms with Gasteiger partial charge in [0.15, 0.2) is 0 Å². The molecular weight excluding hydrogens is 378 g/mol. The monoisotopic (exact) mass is 399 g/mol. The number of hydrogen-bond acceptors (Lipinski definition) is 4. The van der Waals surface area contributed by atoms with Gasteiger partial charge in [0.25, 0.3) is 10.0 Å². The molecule has 0 fully saturated rings. The number of para-hydroxylation sites is 1. The van der Waals surface area contributed by atoms with Crippen LogP contribution in [-0.2, 0) is 10.0 Å². The lowest BCUT2D eigenvalue weighted by Gasteiger charge is -2.15. The van der Waals surface area contributed by atoms with Crippen molar-refractivity contribution in [2.45, 2.75) is 28.5 Å². The summed E-state index contributed by atoms with van der Waals surface area (Å²) in [5.74, 6) is 0.673. The molecule has 3 aromatic rings. The Morgan fingerprint density at radius 3 is 2.26 bits per heavy atom. The number of benzene rings is 3. The number of ether oxygens (including phenoxy) is 1. The summed E-state index contributed by atoms with van der Waals surface area (Å²) in [6.07, 6.45) is 0. The van der Waals surface area contributed by atoms with Gasteiger partial charge in [-0.2, -0.15) is 0 Å². The van der Waals surface area contributed by atoms with Crippen molar-refractivity contribution in [1.82, 2.24) is 0 Å². The zero-order valence-corrected chi connectivity index (χ0v) is 17.0. The van der Waals surface area contributed by atoms with Crippen molar-refractivity contribution >= 4 is 27.5 Å². The number of anilines is 1. The molecule has 0 amide bonds. The lowest BCUT2D eigenvalue weighted by Crippen LogP contribution is -2.15. The molecule has 0 aliphatic heterocycles. The highest BCUT2D eigenvalue weighted by molar-refractivity contribution is 7.99. The number of nitrogens with one attached hydrogen (secondary N) is 1. The lowest BCUT2D eigenvalue weighted by atomic mass is 10.1. The van der Waals surface area contributed by atoms with Gasteiger partial charge in [0, 0.05) is 9.79 Å². The van der Waals surface area contributed by atoms with Crippen LogP contribution in [0.15, 0.2) is 81.4 Å². The summed E-state index contributed by atoms with van der Waals surface area (Å²) in [6.45, 7) is 3.59. The first-order valence-corrected chi connectivity index (χ1v) is 10.7. The highest BCUT2D eigenvalue weighted by Gasteiger charge is 2.20. The van der Waals surface area contributed by atoms with Gasteiger partial charge in [0.1, 0.15) is 5.75 Å². The number of sulfonamides is 1. The minimum atomic E-state index is -3.73. The standard InChI is InChI=1S/C21H21NO3S2/c1-15-14-21(16(2)13-19(15)25-3)27(23,24)22-18-11-7-8-12-20(18)26-17-9-5-4-6-10-17/h4-14,22H,1-3H3. The van der Waals surface area contributed by atoms with E-state index in [2.05, 4.69) is 4.72 Å². The zero-order chi connectivity index (χ0) is 19.4. The van der Waals surface area contributed by atoms with Gasteiger partial charge >= 0.3 is 0 Å². The Morgan fingerprint density at radius 1 is 0.889 bits per heavy atom. The summed E-state index contributed by atoms with van der Waals surface area (Å²) >= 11 is 1.52. The molecule has 27 heavy (non-hydrogen) atoms. The van der Waals surface area contributed by atoms with Crippen molar-refractivity contribution < 1.29 is 13.2 Å². The van der Waals surface area contributed by atoms with E-state index in [9.17, 15) is 8.42 Å². The van der Waals surface area contributed by atoms with Crippen LogP contribution in [0.25, 0.3) is 0 Å². The molecule has 0 unspecified atom stereocenters. The molecule has 0 aliphatic carbocycles. The molecule has 6 heteroatoms. The summed E-state index contributed by atoms with van der Waals surface area (Å²) < 4.78 is 34.1. The van der Waals surface area contributed by atoms with Crippen molar-refractivity contribution in [2.24, 2.45) is 0 Å². The maximum atomic E-state index is 13.0. The average molecular weight is 400 g/mol. The summed E-state index contributed by atoms with van der Waals surface area (Å²) in [5.41, 5.74) is 1.97. The van der Waals surface area contributed by atoms with Crippen LogP contribution in [0.4, 0.5) is 5.69 Å². The minimum Gasteiger partial charge on any atom is -0.496 e. The summed E-state index contributed by atoms with van der Waals surface area (Å²) in [6, 6.07) is 20.6. The van der Waals surface area contributed by atoms with Crippen LogP contribution in [0.1, 0.15) is 11.1 Å². The lowest BCUT2D eigenvalue weighted by molar-refractivity contribution is 0.411. The molecule has 0 heterocycles. The van der Waals surface area contributed by atoms with E-state index in [4.69, 9.17) is 4.74 Å². The third-order valence-corrected chi connectivity index (χ3v) is 6.68. The largest absolute Gasteiger partial charge is 0.496 e. The Labute approximate surface area is 164 Å². The maximum Gasteiger partial charge on any atom is 0.262 e. The zero-order valence-electron chi connectivity index (χ0n) is 15.4. The van der Waals surface area contributed by atoms with Gasteiger partial charge < -0.3 is 4.74 Å². The highest BCUT2D eigenvalue weighted by atomic mass is 32.2. The van der Waals surface area contributed by atoms with Crippen molar-refractivity contribution in [3.63, 3.8) is 0 Å². The smallest absolute Gasteiger partial charge is 0.262 e. The molecule has 140 valence electrons. The third kappa shape index (κ3) is 4.46. The van der Waals surface area contributed by atoms with Crippen LogP contribution in [0, 0.1) is 13.8 Å². The van der Waals surface area contributed by atoms with Crippen molar-refractivity contribution in [1.29, 1.82) is 0 Å². The topological polar surface area (TPSA) is 55.4 Å². The van der Waals surface area contributed by atoms with E-state index in [1.54, 1.807) is 32.2 Å². The van der Waals surface area contributed by atoms with E-state index in [1.165, 1.54) is 11.8 Å². The van der Waals surface area contributed by atoms with Gasteiger partial charge in [-0.3, -0.25) is 4.72 Å². The second-order valence-electron chi connectivity index (χ2n) is 6.10. The van der Waals surface area contributed by atoms with Gasteiger partial charge in [0.2, 0.25) is 0 Å². The maximum absolute atomic E-state index is 13.0. The fraction of sp³-hybridized carbons (Fsp3) is 0.143. The molecule has 0 saturated carbocycles. The first-order chi connectivity index (χ1) is 12.9. The second kappa shape index (κ2) is 8.06.